The second kappa shape index (κ2) is 3.86. The van der Waals surface area contributed by atoms with Crippen LogP contribution in [0.3, 0.4) is 0 Å². The molecule has 5 heteroatoms. The molecule has 1 aliphatic carbocycles. The molecule has 2 aromatic heterocycles. The lowest BCUT2D eigenvalue weighted by atomic mass is 10.2. The first-order chi connectivity index (χ1) is 8.59. The minimum atomic E-state index is 0.384. The van der Waals surface area contributed by atoms with Crippen molar-refractivity contribution in [3.63, 3.8) is 0 Å². The molecular formula is C13H19N5. The fourth-order valence-electron chi connectivity index (χ4n) is 2.36. The van der Waals surface area contributed by atoms with Crippen LogP contribution in [0.5, 0.6) is 0 Å². The lowest BCUT2D eigenvalue weighted by molar-refractivity contribution is 0.646. The summed E-state index contributed by atoms with van der Waals surface area (Å²) < 4.78 is 4.17. The number of rotatable bonds is 3. The van der Waals surface area contributed by atoms with Crippen LogP contribution in [0.4, 0.5) is 5.82 Å². The van der Waals surface area contributed by atoms with Crippen LogP contribution in [0.25, 0.3) is 11.4 Å². The number of nitrogen functional groups attached to an aromatic ring is 1. The zero-order valence-electron chi connectivity index (χ0n) is 11.1. The number of nitrogens with zero attached hydrogens (tertiary/aromatic N) is 4. The van der Waals surface area contributed by atoms with Gasteiger partial charge in [0.05, 0.1) is 18.2 Å². The van der Waals surface area contributed by atoms with E-state index in [0.29, 0.717) is 12.0 Å². The van der Waals surface area contributed by atoms with Gasteiger partial charge in [-0.3, -0.25) is 0 Å². The molecule has 5 nitrogen and oxygen atoms in total. The van der Waals surface area contributed by atoms with Crippen molar-refractivity contribution < 1.29 is 0 Å². The second-order valence-electron chi connectivity index (χ2n) is 5.35. The Balaban J connectivity index is 2.16. The highest BCUT2D eigenvalue weighted by atomic mass is 15.2. The van der Waals surface area contributed by atoms with Crippen molar-refractivity contribution in [1.82, 2.24) is 19.1 Å². The summed E-state index contributed by atoms with van der Waals surface area (Å²) in [6.45, 7) is 4.32. The maximum absolute atomic E-state index is 6.30. The first-order valence-electron chi connectivity index (χ1n) is 6.44. The Bertz CT molecular complexity index is 574. The van der Waals surface area contributed by atoms with Crippen molar-refractivity contribution in [2.75, 3.05) is 5.73 Å². The molecule has 0 bridgehead atoms. The highest BCUT2D eigenvalue weighted by Crippen LogP contribution is 2.42. The number of imidazole rings is 2. The van der Waals surface area contributed by atoms with Crippen LogP contribution in [0, 0.1) is 0 Å². The number of hydrogen-bond donors (Lipinski definition) is 1. The van der Waals surface area contributed by atoms with Gasteiger partial charge in [0.1, 0.15) is 17.3 Å². The normalized spacial score (nSPS) is 15.6. The van der Waals surface area contributed by atoms with Gasteiger partial charge in [0, 0.05) is 19.0 Å². The molecule has 96 valence electrons. The first-order valence-corrected chi connectivity index (χ1v) is 6.44. The van der Waals surface area contributed by atoms with Crippen LogP contribution in [-0.2, 0) is 7.05 Å². The molecule has 2 heterocycles. The summed E-state index contributed by atoms with van der Waals surface area (Å²) in [6, 6.07) is 0.553. The monoisotopic (exact) mass is 245 g/mol. The summed E-state index contributed by atoms with van der Waals surface area (Å²) in [5, 5.41) is 0. The summed E-state index contributed by atoms with van der Waals surface area (Å²) in [5.74, 6) is 2.26. The largest absolute Gasteiger partial charge is 0.383 e. The maximum atomic E-state index is 6.30. The molecule has 2 N–H and O–H groups in total. The summed E-state index contributed by atoms with van der Waals surface area (Å²) in [7, 11) is 1.97. The molecule has 3 rings (SSSR count). The van der Waals surface area contributed by atoms with Gasteiger partial charge >= 0.3 is 0 Å². The van der Waals surface area contributed by atoms with Gasteiger partial charge < -0.3 is 14.9 Å². The third-order valence-corrected chi connectivity index (χ3v) is 3.46. The molecule has 0 aromatic carbocycles. The molecule has 0 aliphatic heterocycles. The predicted octanol–water partition coefficient (Wildman–Crippen LogP) is 2.32. The van der Waals surface area contributed by atoms with E-state index in [0.717, 1.165) is 23.0 Å². The molecule has 0 unspecified atom stereocenters. The lowest BCUT2D eigenvalue weighted by Gasteiger charge is -2.10. The van der Waals surface area contributed by atoms with Crippen molar-refractivity contribution in [1.29, 1.82) is 0 Å². The van der Waals surface area contributed by atoms with E-state index in [4.69, 9.17) is 10.7 Å². The summed E-state index contributed by atoms with van der Waals surface area (Å²) in [6.07, 6.45) is 6.02. The van der Waals surface area contributed by atoms with E-state index in [-0.39, 0.29) is 0 Å². The highest BCUT2D eigenvalue weighted by molar-refractivity contribution is 5.68. The van der Waals surface area contributed by atoms with E-state index in [9.17, 15) is 0 Å². The minimum Gasteiger partial charge on any atom is -0.383 e. The Hall–Kier alpha value is -1.78. The van der Waals surface area contributed by atoms with Crippen molar-refractivity contribution in [3.05, 3.63) is 18.3 Å². The minimum absolute atomic E-state index is 0.384. The Morgan fingerprint density at radius 1 is 1.39 bits per heavy atom. The number of aryl methyl sites for hydroxylation is 1. The number of hydrogen-bond acceptors (Lipinski definition) is 3. The lowest BCUT2D eigenvalue weighted by Crippen LogP contribution is -2.06. The molecule has 2 aromatic rings. The van der Waals surface area contributed by atoms with Gasteiger partial charge in [-0.25, -0.2) is 9.97 Å². The average Bonchev–Trinajstić information content (AvgIpc) is 2.97. The van der Waals surface area contributed by atoms with Crippen LogP contribution in [0.2, 0.25) is 0 Å². The quantitative estimate of drug-likeness (QED) is 0.902. The summed E-state index contributed by atoms with van der Waals surface area (Å²) in [4.78, 5) is 8.89. The third kappa shape index (κ3) is 1.62. The van der Waals surface area contributed by atoms with Gasteiger partial charge in [-0.05, 0) is 12.8 Å². The van der Waals surface area contributed by atoms with Gasteiger partial charge in [-0.2, -0.15) is 0 Å². The van der Waals surface area contributed by atoms with Gasteiger partial charge in [0.2, 0.25) is 0 Å². The van der Waals surface area contributed by atoms with Gasteiger partial charge in [-0.15, -0.1) is 0 Å². The van der Waals surface area contributed by atoms with E-state index in [1.807, 2.05) is 17.8 Å². The van der Waals surface area contributed by atoms with Crippen LogP contribution < -0.4 is 5.73 Å². The molecule has 1 aliphatic rings. The van der Waals surface area contributed by atoms with Gasteiger partial charge in [-0.1, -0.05) is 13.8 Å². The smallest absolute Gasteiger partial charge is 0.133 e. The number of anilines is 1. The van der Waals surface area contributed by atoms with Crippen LogP contribution in [0.1, 0.15) is 44.5 Å². The van der Waals surface area contributed by atoms with Crippen LogP contribution in [0.15, 0.2) is 12.5 Å². The highest BCUT2D eigenvalue weighted by Gasteiger charge is 2.31. The predicted molar refractivity (Wildman–Crippen MR) is 71.2 cm³/mol. The Morgan fingerprint density at radius 3 is 2.61 bits per heavy atom. The average molecular weight is 245 g/mol. The Labute approximate surface area is 107 Å². The first kappa shape index (κ1) is 11.3. The topological polar surface area (TPSA) is 61.7 Å². The molecule has 0 radical (unpaired) electrons. The van der Waals surface area contributed by atoms with Crippen LogP contribution >= 0.6 is 0 Å². The molecule has 1 fully saturated rings. The molecular weight excluding hydrogens is 226 g/mol. The number of aromatic nitrogens is 4. The van der Waals surface area contributed by atoms with Gasteiger partial charge in [0.25, 0.3) is 0 Å². The van der Waals surface area contributed by atoms with E-state index in [1.165, 1.54) is 12.8 Å². The fourth-order valence-corrected chi connectivity index (χ4v) is 2.36. The molecule has 0 amide bonds. The van der Waals surface area contributed by atoms with Gasteiger partial charge in [0.15, 0.2) is 0 Å². The van der Waals surface area contributed by atoms with Crippen LogP contribution in [-0.4, -0.2) is 19.1 Å². The zero-order chi connectivity index (χ0) is 12.9. The standard InChI is InChI=1S/C13H19N5/c1-8(2)13-16-11(10-6-15-7-17(10)3)12(14)18(13)9-4-5-9/h6-9H,4-5,14H2,1-3H3. The molecule has 0 atom stereocenters. The van der Waals surface area contributed by atoms with Crippen molar-refractivity contribution in [2.24, 2.45) is 7.05 Å². The van der Waals surface area contributed by atoms with Crippen molar-refractivity contribution >= 4 is 5.82 Å². The second-order valence-corrected chi connectivity index (χ2v) is 5.35. The summed E-state index contributed by atoms with van der Waals surface area (Å²) >= 11 is 0. The molecule has 18 heavy (non-hydrogen) atoms. The molecule has 0 saturated heterocycles. The molecule has 1 saturated carbocycles. The van der Waals surface area contributed by atoms with E-state index in [1.54, 1.807) is 6.33 Å². The third-order valence-electron chi connectivity index (χ3n) is 3.46. The van der Waals surface area contributed by atoms with E-state index in [2.05, 4.69) is 23.4 Å². The van der Waals surface area contributed by atoms with Crippen molar-refractivity contribution in [3.8, 4) is 11.4 Å². The zero-order valence-corrected chi connectivity index (χ0v) is 11.1. The fraction of sp³-hybridized carbons (Fsp3) is 0.538. The SMILES string of the molecule is CC(C)c1nc(-c2cncn2C)c(N)n1C1CC1. The van der Waals surface area contributed by atoms with E-state index < -0.39 is 0 Å². The van der Waals surface area contributed by atoms with Crippen molar-refractivity contribution in [2.45, 2.75) is 38.6 Å². The van der Waals surface area contributed by atoms with E-state index >= 15 is 0 Å². The number of nitrogens with two attached hydrogens (primary N) is 1. The summed E-state index contributed by atoms with van der Waals surface area (Å²) in [5.41, 5.74) is 8.15. The Morgan fingerprint density at radius 2 is 2.11 bits per heavy atom. The molecule has 0 spiro atoms. The maximum Gasteiger partial charge on any atom is 0.133 e. The Kier molecular flexibility index (Phi) is 2.43.